The van der Waals surface area contributed by atoms with Gasteiger partial charge in [-0.1, -0.05) is 37.2 Å². The van der Waals surface area contributed by atoms with E-state index in [-0.39, 0.29) is 17.9 Å². The van der Waals surface area contributed by atoms with Crippen molar-refractivity contribution < 1.29 is 9.32 Å². The number of benzene rings is 1. The van der Waals surface area contributed by atoms with Gasteiger partial charge in [0.15, 0.2) is 5.82 Å². The first-order chi connectivity index (χ1) is 14.1. The van der Waals surface area contributed by atoms with Crippen LogP contribution in [0.2, 0.25) is 0 Å². The van der Waals surface area contributed by atoms with Crippen molar-refractivity contribution in [1.29, 1.82) is 0 Å². The van der Waals surface area contributed by atoms with E-state index in [1.165, 1.54) is 0 Å². The Labute approximate surface area is 169 Å². The molecule has 1 unspecified atom stereocenters. The fourth-order valence-electron chi connectivity index (χ4n) is 3.91. The molecular weight excluding hydrogens is 366 g/mol. The van der Waals surface area contributed by atoms with E-state index >= 15 is 0 Å². The molecule has 5 rings (SSSR count). The van der Waals surface area contributed by atoms with Crippen LogP contribution in [0.25, 0.3) is 10.9 Å². The van der Waals surface area contributed by atoms with Crippen molar-refractivity contribution in [2.45, 2.75) is 57.5 Å². The summed E-state index contributed by atoms with van der Waals surface area (Å²) in [6.45, 7) is 4.93. The molecule has 1 aliphatic heterocycles. The van der Waals surface area contributed by atoms with Crippen molar-refractivity contribution in [3.8, 4) is 0 Å². The second-order valence-electron chi connectivity index (χ2n) is 8.29. The summed E-state index contributed by atoms with van der Waals surface area (Å²) in [6, 6.07) is 10.1. The molecule has 1 aromatic carbocycles. The number of anilines is 1. The first-order valence-corrected chi connectivity index (χ1v) is 10.4. The van der Waals surface area contributed by atoms with Crippen LogP contribution in [-0.2, 0) is 0 Å². The van der Waals surface area contributed by atoms with Crippen LogP contribution in [-0.4, -0.2) is 33.6 Å². The summed E-state index contributed by atoms with van der Waals surface area (Å²) >= 11 is 0. The SMILES string of the molecule is CC(C)c1nc(C2CCCN2c2cc(C(=O)NC3CC3)c3ccccc3n2)no1. The number of nitrogens with zero attached hydrogens (tertiary/aromatic N) is 4. The zero-order valence-electron chi connectivity index (χ0n) is 16.8. The van der Waals surface area contributed by atoms with E-state index in [1.807, 2.05) is 44.2 Å². The maximum Gasteiger partial charge on any atom is 0.252 e. The van der Waals surface area contributed by atoms with Gasteiger partial charge >= 0.3 is 0 Å². The maximum absolute atomic E-state index is 12.9. The Balaban J connectivity index is 1.53. The van der Waals surface area contributed by atoms with Gasteiger partial charge in [-0.15, -0.1) is 0 Å². The number of fused-ring (bicyclic) bond motifs is 1. The topological polar surface area (TPSA) is 84.2 Å². The number of amides is 1. The van der Waals surface area contributed by atoms with Crippen LogP contribution in [0.1, 0.15) is 73.6 Å². The van der Waals surface area contributed by atoms with Gasteiger partial charge in [0.05, 0.1) is 17.1 Å². The Hall–Kier alpha value is -2.96. The lowest BCUT2D eigenvalue weighted by atomic mass is 10.1. The molecule has 0 spiro atoms. The summed E-state index contributed by atoms with van der Waals surface area (Å²) in [4.78, 5) is 24.6. The molecule has 1 N–H and O–H groups in total. The third-order valence-electron chi connectivity index (χ3n) is 5.66. The van der Waals surface area contributed by atoms with Gasteiger partial charge in [0.2, 0.25) is 5.89 Å². The van der Waals surface area contributed by atoms with Gasteiger partial charge in [0.25, 0.3) is 5.91 Å². The van der Waals surface area contributed by atoms with Gasteiger partial charge in [-0.05, 0) is 37.8 Å². The van der Waals surface area contributed by atoms with Crippen LogP contribution < -0.4 is 10.2 Å². The fraction of sp³-hybridized carbons (Fsp3) is 0.455. The highest BCUT2D eigenvalue weighted by atomic mass is 16.5. The zero-order valence-corrected chi connectivity index (χ0v) is 16.8. The van der Waals surface area contributed by atoms with Gasteiger partial charge in [0.1, 0.15) is 5.82 Å². The minimum Gasteiger partial charge on any atom is -0.349 e. The summed E-state index contributed by atoms with van der Waals surface area (Å²) < 4.78 is 5.43. The summed E-state index contributed by atoms with van der Waals surface area (Å²) in [6.07, 6.45) is 4.08. The van der Waals surface area contributed by atoms with Crippen LogP contribution in [0.3, 0.4) is 0 Å². The lowest BCUT2D eigenvalue weighted by molar-refractivity contribution is 0.0952. The number of nitrogens with one attached hydrogen (secondary N) is 1. The molecule has 3 heterocycles. The Morgan fingerprint density at radius 1 is 1.21 bits per heavy atom. The molecule has 29 heavy (non-hydrogen) atoms. The molecule has 1 atom stereocenters. The highest BCUT2D eigenvalue weighted by Crippen LogP contribution is 2.36. The second kappa shape index (κ2) is 7.13. The average molecular weight is 391 g/mol. The minimum atomic E-state index is -0.0234. The molecule has 1 amide bonds. The van der Waals surface area contributed by atoms with E-state index in [1.54, 1.807) is 0 Å². The van der Waals surface area contributed by atoms with Crippen molar-refractivity contribution >= 4 is 22.6 Å². The van der Waals surface area contributed by atoms with Crippen molar-refractivity contribution in [2.75, 3.05) is 11.4 Å². The Morgan fingerprint density at radius 3 is 2.79 bits per heavy atom. The number of para-hydroxylation sites is 1. The van der Waals surface area contributed by atoms with Gasteiger partial charge in [-0.2, -0.15) is 4.98 Å². The van der Waals surface area contributed by atoms with Crippen LogP contribution in [0.5, 0.6) is 0 Å². The number of hydrogen-bond acceptors (Lipinski definition) is 6. The molecule has 2 aliphatic rings. The molecule has 2 aromatic heterocycles. The van der Waals surface area contributed by atoms with Crippen molar-refractivity contribution in [3.05, 3.63) is 47.6 Å². The number of hydrogen-bond donors (Lipinski definition) is 1. The Morgan fingerprint density at radius 2 is 2.03 bits per heavy atom. The summed E-state index contributed by atoms with van der Waals surface area (Å²) in [7, 11) is 0. The van der Waals surface area contributed by atoms with Crippen LogP contribution >= 0.6 is 0 Å². The Bertz CT molecular complexity index is 1060. The predicted octanol–water partition coefficient (Wildman–Crippen LogP) is 3.97. The van der Waals surface area contributed by atoms with Crippen LogP contribution in [0.15, 0.2) is 34.9 Å². The molecule has 150 valence electrons. The Kier molecular flexibility index (Phi) is 4.45. The predicted molar refractivity (Wildman–Crippen MR) is 110 cm³/mol. The summed E-state index contributed by atoms with van der Waals surface area (Å²) in [5.41, 5.74) is 1.51. The van der Waals surface area contributed by atoms with Gasteiger partial charge in [-0.3, -0.25) is 4.79 Å². The highest BCUT2D eigenvalue weighted by Gasteiger charge is 2.32. The lowest BCUT2D eigenvalue weighted by Gasteiger charge is -2.24. The molecule has 3 aromatic rings. The van der Waals surface area contributed by atoms with E-state index in [0.717, 1.165) is 48.9 Å². The average Bonchev–Trinajstić information content (AvgIpc) is 3.20. The standard InChI is InChI=1S/C22H25N5O2/c1-13(2)22-25-20(26-29-22)18-8-5-11-27(18)19-12-16(21(28)23-14-9-10-14)15-6-3-4-7-17(15)24-19/h3-4,6-7,12-14,18H,5,8-11H2,1-2H3,(H,23,28). The zero-order chi connectivity index (χ0) is 20.0. The quantitative estimate of drug-likeness (QED) is 0.708. The van der Waals surface area contributed by atoms with Gasteiger partial charge in [-0.25, -0.2) is 4.98 Å². The molecule has 7 nitrogen and oxygen atoms in total. The number of rotatable bonds is 5. The number of pyridine rings is 1. The third-order valence-corrected chi connectivity index (χ3v) is 5.66. The molecule has 1 saturated heterocycles. The number of aromatic nitrogens is 3. The highest BCUT2D eigenvalue weighted by molar-refractivity contribution is 6.07. The largest absolute Gasteiger partial charge is 0.349 e. The lowest BCUT2D eigenvalue weighted by Crippen LogP contribution is -2.28. The van der Waals surface area contributed by atoms with E-state index < -0.39 is 0 Å². The van der Waals surface area contributed by atoms with E-state index in [9.17, 15) is 4.79 Å². The first kappa shape index (κ1) is 18.1. The van der Waals surface area contributed by atoms with E-state index in [4.69, 9.17) is 9.51 Å². The molecule has 7 heteroatoms. The van der Waals surface area contributed by atoms with Crippen LogP contribution in [0, 0.1) is 0 Å². The van der Waals surface area contributed by atoms with Crippen LogP contribution in [0.4, 0.5) is 5.82 Å². The summed E-state index contributed by atoms with van der Waals surface area (Å²) in [5, 5.41) is 8.22. The third kappa shape index (κ3) is 3.45. The molecule has 0 radical (unpaired) electrons. The first-order valence-electron chi connectivity index (χ1n) is 10.4. The molecule has 2 fully saturated rings. The smallest absolute Gasteiger partial charge is 0.252 e. The van der Waals surface area contributed by atoms with E-state index in [2.05, 4.69) is 20.4 Å². The van der Waals surface area contributed by atoms with Crippen molar-refractivity contribution in [3.63, 3.8) is 0 Å². The normalized spacial score (nSPS) is 19.3. The minimum absolute atomic E-state index is 0.0132. The second-order valence-corrected chi connectivity index (χ2v) is 8.29. The number of carbonyl (C=O) groups is 1. The van der Waals surface area contributed by atoms with Gasteiger partial charge < -0.3 is 14.7 Å². The van der Waals surface area contributed by atoms with Crippen molar-refractivity contribution in [2.24, 2.45) is 0 Å². The van der Waals surface area contributed by atoms with Crippen molar-refractivity contribution in [1.82, 2.24) is 20.4 Å². The molecule has 1 saturated carbocycles. The van der Waals surface area contributed by atoms with Gasteiger partial charge in [0, 0.05) is 23.9 Å². The maximum atomic E-state index is 12.9. The molecule has 1 aliphatic carbocycles. The fourth-order valence-corrected chi connectivity index (χ4v) is 3.91. The molecular formula is C22H25N5O2. The summed E-state index contributed by atoms with van der Waals surface area (Å²) in [5.74, 6) is 2.32. The number of carbonyl (C=O) groups excluding carboxylic acids is 1. The monoisotopic (exact) mass is 391 g/mol. The molecule has 0 bridgehead atoms. The van der Waals surface area contributed by atoms with E-state index in [0.29, 0.717) is 23.3 Å².